The lowest BCUT2D eigenvalue weighted by Crippen LogP contribution is -2.48. The van der Waals surface area contributed by atoms with Crippen molar-refractivity contribution in [1.82, 2.24) is 20.8 Å². The van der Waals surface area contributed by atoms with Crippen molar-refractivity contribution >= 4 is 25.5 Å². The molecule has 4 rings (SSSR count). The third kappa shape index (κ3) is 12.9. The van der Waals surface area contributed by atoms with Crippen LogP contribution in [0.5, 0.6) is 5.75 Å². The highest BCUT2D eigenvalue weighted by Gasteiger charge is 2.30. The molecule has 0 spiro atoms. The van der Waals surface area contributed by atoms with E-state index in [2.05, 4.69) is 27.7 Å². The summed E-state index contributed by atoms with van der Waals surface area (Å²) in [6.07, 6.45) is 3.77. The van der Waals surface area contributed by atoms with Gasteiger partial charge in [0.25, 0.3) is 0 Å². The van der Waals surface area contributed by atoms with Crippen LogP contribution in [0.3, 0.4) is 0 Å². The van der Waals surface area contributed by atoms with Gasteiger partial charge in [-0.1, -0.05) is 97.7 Å². The molecule has 0 aliphatic rings. The summed E-state index contributed by atoms with van der Waals surface area (Å²) in [6, 6.07) is 23.2. The fraction of sp³-hybridized carbons (Fsp3) is 0.361. The van der Waals surface area contributed by atoms with Gasteiger partial charge in [0.2, 0.25) is 23.6 Å². The molecule has 4 N–H and O–H groups in total. The molecule has 0 radical (unpaired) electrons. The molecule has 50 heavy (non-hydrogen) atoms. The number of carbonyl (C=O) groups excluding carboxylic acids is 3. The molecule has 2 atom stereocenters. The van der Waals surface area contributed by atoms with Crippen molar-refractivity contribution < 1.29 is 37.0 Å². The van der Waals surface area contributed by atoms with E-state index in [0.717, 1.165) is 30.4 Å². The summed E-state index contributed by atoms with van der Waals surface area (Å²) >= 11 is 0. The minimum Gasteiger partial charge on any atom is -0.404 e. The van der Waals surface area contributed by atoms with E-state index >= 15 is 0 Å². The van der Waals surface area contributed by atoms with Gasteiger partial charge in [0.05, 0.1) is 13.2 Å². The molecule has 13 nitrogen and oxygen atoms in total. The Hall–Kier alpha value is -4.84. The summed E-state index contributed by atoms with van der Waals surface area (Å²) in [7, 11) is -4.09. The predicted octanol–water partition coefficient (Wildman–Crippen LogP) is 5.89. The quantitative estimate of drug-likeness (QED) is 0.0697. The SMILES string of the molecule is CCCCCc1noc([C@H](CCC(N)=O)NC(=O)[C@H](Cc2ccc(OP(=O)(OCc3ccccc3)OCc3ccccc3)cc2)NC(C)=O)n1. The van der Waals surface area contributed by atoms with E-state index in [9.17, 15) is 18.9 Å². The number of benzene rings is 3. The summed E-state index contributed by atoms with van der Waals surface area (Å²) in [6.45, 7) is 3.41. The van der Waals surface area contributed by atoms with E-state index in [1.165, 1.54) is 6.92 Å². The Labute approximate surface area is 291 Å². The van der Waals surface area contributed by atoms with Gasteiger partial charge in [-0.25, -0.2) is 4.57 Å². The average molecular weight is 706 g/mol. The second-order valence-electron chi connectivity index (χ2n) is 11.7. The van der Waals surface area contributed by atoms with Crippen molar-refractivity contribution in [3.8, 4) is 5.75 Å². The van der Waals surface area contributed by atoms with Gasteiger partial charge in [-0.15, -0.1) is 0 Å². The van der Waals surface area contributed by atoms with Gasteiger partial charge in [-0.05, 0) is 41.7 Å². The number of nitrogens with one attached hydrogen (secondary N) is 2. The molecule has 0 saturated carbocycles. The molecule has 0 saturated heterocycles. The summed E-state index contributed by atoms with van der Waals surface area (Å²) in [4.78, 5) is 41.7. The highest BCUT2D eigenvalue weighted by atomic mass is 31.2. The van der Waals surface area contributed by atoms with Crippen LogP contribution in [-0.4, -0.2) is 33.9 Å². The number of nitrogens with two attached hydrogens (primary N) is 1. The molecule has 266 valence electrons. The molecule has 0 unspecified atom stereocenters. The van der Waals surface area contributed by atoms with Crippen molar-refractivity contribution in [2.75, 3.05) is 0 Å². The van der Waals surface area contributed by atoms with Crippen molar-refractivity contribution in [2.45, 2.75) is 84.1 Å². The lowest BCUT2D eigenvalue weighted by molar-refractivity contribution is -0.128. The zero-order valence-electron chi connectivity index (χ0n) is 28.3. The summed E-state index contributed by atoms with van der Waals surface area (Å²) in [5.41, 5.74) is 7.63. The molecule has 0 aliphatic heterocycles. The minimum atomic E-state index is -4.09. The van der Waals surface area contributed by atoms with E-state index in [1.807, 2.05) is 60.7 Å². The van der Waals surface area contributed by atoms with Crippen LogP contribution in [0.4, 0.5) is 0 Å². The van der Waals surface area contributed by atoms with E-state index in [4.69, 9.17) is 23.8 Å². The molecule has 1 heterocycles. The molecule has 1 aromatic heterocycles. The van der Waals surface area contributed by atoms with Gasteiger partial charge in [-0.3, -0.25) is 23.4 Å². The van der Waals surface area contributed by atoms with Gasteiger partial charge in [0.1, 0.15) is 17.8 Å². The number of hydrogen-bond acceptors (Lipinski definition) is 10. The summed E-state index contributed by atoms with van der Waals surface area (Å²) in [5.74, 6) is -0.601. The molecule has 4 aromatic rings. The number of hydrogen-bond donors (Lipinski definition) is 3. The first kappa shape index (κ1) is 38.0. The fourth-order valence-corrected chi connectivity index (χ4v) is 6.09. The van der Waals surface area contributed by atoms with Gasteiger partial charge in [0, 0.05) is 26.2 Å². The Bertz CT molecular complexity index is 1650. The molecule has 3 amide bonds. The maximum absolute atomic E-state index is 13.8. The van der Waals surface area contributed by atoms with Crippen molar-refractivity contribution in [3.05, 3.63) is 113 Å². The predicted molar refractivity (Wildman–Crippen MR) is 185 cm³/mol. The first-order chi connectivity index (χ1) is 24.1. The van der Waals surface area contributed by atoms with Crippen LogP contribution in [0.2, 0.25) is 0 Å². The highest BCUT2D eigenvalue weighted by molar-refractivity contribution is 7.48. The molecule has 0 aliphatic carbocycles. The number of unbranched alkanes of at least 4 members (excludes halogenated alkanes) is 2. The van der Waals surface area contributed by atoms with Crippen molar-refractivity contribution in [1.29, 1.82) is 0 Å². The molecular weight excluding hydrogens is 661 g/mol. The zero-order chi connectivity index (χ0) is 35.8. The van der Waals surface area contributed by atoms with Gasteiger partial charge in [-0.2, -0.15) is 4.98 Å². The number of aromatic nitrogens is 2. The normalized spacial score (nSPS) is 12.5. The van der Waals surface area contributed by atoms with Crippen LogP contribution >= 0.6 is 7.82 Å². The second-order valence-corrected chi connectivity index (χ2v) is 13.3. The maximum Gasteiger partial charge on any atom is 0.530 e. The molecule has 3 aromatic carbocycles. The van der Waals surface area contributed by atoms with Crippen molar-refractivity contribution in [3.63, 3.8) is 0 Å². The van der Waals surface area contributed by atoms with Crippen LogP contribution in [-0.2, 0) is 54.1 Å². The summed E-state index contributed by atoms with van der Waals surface area (Å²) in [5, 5.41) is 9.54. The molecule has 0 fully saturated rings. The number of nitrogens with zero attached hydrogens (tertiary/aromatic N) is 2. The Morgan fingerprint density at radius 2 is 1.48 bits per heavy atom. The topological polar surface area (TPSA) is 185 Å². The number of aryl methyl sites for hydroxylation is 1. The van der Waals surface area contributed by atoms with Crippen LogP contribution in [0.1, 0.15) is 80.4 Å². The first-order valence-corrected chi connectivity index (χ1v) is 18.0. The molecule has 0 bridgehead atoms. The maximum atomic E-state index is 13.8. The lowest BCUT2D eigenvalue weighted by atomic mass is 10.0. The number of primary amides is 1. The van der Waals surface area contributed by atoms with Gasteiger partial charge < -0.3 is 25.4 Å². The average Bonchev–Trinajstić information content (AvgIpc) is 3.58. The van der Waals surface area contributed by atoms with E-state index < -0.39 is 37.6 Å². The molecular formula is C36H44N5O8P. The van der Waals surface area contributed by atoms with Crippen LogP contribution in [0.15, 0.2) is 89.5 Å². The van der Waals surface area contributed by atoms with E-state index in [1.54, 1.807) is 24.3 Å². The number of rotatable bonds is 21. The second kappa shape index (κ2) is 19.4. The van der Waals surface area contributed by atoms with Gasteiger partial charge in [0.15, 0.2) is 5.82 Å². The van der Waals surface area contributed by atoms with E-state index in [-0.39, 0.29) is 44.1 Å². The summed E-state index contributed by atoms with van der Waals surface area (Å²) < 4.78 is 36.4. The lowest BCUT2D eigenvalue weighted by Gasteiger charge is -2.22. The fourth-order valence-electron chi connectivity index (χ4n) is 4.91. The Kier molecular flexibility index (Phi) is 14.7. The van der Waals surface area contributed by atoms with Crippen LogP contribution in [0.25, 0.3) is 0 Å². The Morgan fingerprint density at radius 3 is 2.04 bits per heavy atom. The number of carbonyl (C=O) groups is 3. The molecule has 14 heteroatoms. The Balaban J connectivity index is 1.45. The van der Waals surface area contributed by atoms with Gasteiger partial charge >= 0.3 is 7.82 Å². The van der Waals surface area contributed by atoms with Crippen LogP contribution < -0.4 is 20.9 Å². The third-order valence-corrected chi connectivity index (χ3v) is 8.85. The third-order valence-electron chi connectivity index (χ3n) is 7.52. The largest absolute Gasteiger partial charge is 0.530 e. The number of phosphoric ester groups is 1. The Morgan fingerprint density at radius 1 is 0.860 bits per heavy atom. The number of phosphoric acid groups is 1. The minimum absolute atomic E-state index is 0.00267. The first-order valence-electron chi connectivity index (χ1n) is 16.6. The highest BCUT2D eigenvalue weighted by Crippen LogP contribution is 2.51. The van der Waals surface area contributed by atoms with Crippen molar-refractivity contribution in [2.24, 2.45) is 5.73 Å². The zero-order valence-corrected chi connectivity index (χ0v) is 29.2. The van der Waals surface area contributed by atoms with Crippen LogP contribution in [0, 0.1) is 0 Å². The number of amides is 3. The van der Waals surface area contributed by atoms with E-state index in [0.29, 0.717) is 17.8 Å². The smallest absolute Gasteiger partial charge is 0.404 e. The standard InChI is InChI=1S/C36H44N5O8P/c1-3-4-7-16-34-40-36(48-41-34)31(21-22-33(37)43)39-35(44)32(38-26(2)42)23-27-17-19-30(20-18-27)49-50(45,46-24-28-12-8-5-9-13-28)47-25-29-14-10-6-11-15-29/h5-6,8-15,17-20,31-32H,3-4,7,16,21-25H2,1-2H3,(H2,37,43)(H,38,42)(H,39,44)/t31-,32-/m0/s1. The monoisotopic (exact) mass is 705 g/mol.